The van der Waals surface area contributed by atoms with Crippen molar-refractivity contribution in [1.29, 1.82) is 0 Å². The Labute approximate surface area is 157 Å². The van der Waals surface area contributed by atoms with Gasteiger partial charge in [0.25, 0.3) is 5.91 Å². The molecule has 0 unspecified atom stereocenters. The van der Waals surface area contributed by atoms with E-state index in [0.29, 0.717) is 18.8 Å². The number of nitrogens with zero attached hydrogens (tertiary/aromatic N) is 4. The number of benzene rings is 1. The lowest BCUT2D eigenvalue weighted by atomic mass is 10.2. The molecule has 0 spiro atoms. The van der Waals surface area contributed by atoms with Crippen molar-refractivity contribution in [1.82, 2.24) is 14.3 Å². The number of fused-ring (bicyclic) bond motifs is 1. The van der Waals surface area contributed by atoms with Gasteiger partial charge in [-0.3, -0.25) is 9.20 Å². The molecule has 0 bridgehead atoms. The third-order valence-electron chi connectivity index (χ3n) is 4.90. The zero-order valence-electron chi connectivity index (χ0n) is 14.9. The van der Waals surface area contributed by atoms with Crippen LogP contribution >= 0.6 is 11.6 Å². The van der Waals surface area contributed by atoms with E-state index in [1.54, 1.807) is 0 Å². The highest BCUT2D eigenvalue weighted by Gasteiger charge is 2.26. The number of hydrogen-bond acceptors (Lipinski definition) is 3. The molecule has 3 aromatic rings. The monoisotopic (exact) mass is 368 g/mol. The fourth-order valence-electron chi connectivity index (χ4n) is 3.50. The summed E-state index contributed by atoms with van der Waals surface area (Å²) in [5, 5.41) is 0.737. The molecule has 0 saturated carbocycles. The number of pyridine rings is 1. The first kappa shape index (κ1) is 16.9. The number of rotatable bonds is 2. The van der Waals surface area contributed by atoms with Crippen LogP contribution in [0.5, 0.6) is 0 Å². The van der Waals surface area contributed by atoms with Crippen molar-refractivity contribution in [2.45, 2.75) is 13.8 Å². The molecule has 1 amide bonds. The second-order valence-electron chi connectivity index (χ2n) is 6.74. The van der Waals surface area contributed by atoms with Crippen molar-refractivity contribution in [2.75, 3.05) is 31.1 Å². The van der Waals surface area contributed by atoms with Gasteiger partial charge in [-0.05, 0) is 49.7 Å². The predicted molar refractivity (Wildman–Crippen MR) is 104 cm³/mol. The van der Waals surface area contributed by atoms with Gasteiger partial charge in [0.1, 0.15) is 11.3 Å². The Morgan fingerprint density at radius 2 is 1.69 bits per heavy atom. The molecule has 26 heavy (non-hydrogen) atoms. The van der Waals surface area contributed by atoms with Gasteiger partial charge in [0.05, 0.1) is 5.69 Å². The highest BCUT2D eigenvalue weighted by molar-refractivity contribution is 6.30. The highest BCUT2D eigenvalue weighted by Crippen LogP contribution is 2.21. The summed E-state index contributed by atoms with van der Waals surface area (Å²) in [4.78, 5) is 21.9. The number of aromatic nitrogens is 2. The van der Waals surface area contributed by atoms with Crippen LogP contribution in [0.15, 0.2) is 42.6 Å². The zero-order chi connectivity index (χ0) is 18.3. The van der Waals surface area contributed by atoms with Gasteiger partial charge in [-0.2, -0.15) is 0 Å². The van der Waals surface area contributed by atoms with E-state index in [9.17, 15) is 4.79 Å². The molecular weight excluding hydrogens is 348 g/mol. The predicted octanol–water partition coefficient (Wildman–Crippen LogP) is 3.57. The van der Waals surface area contributed by atoms with Crippen LogP contribution in [0.2, 0.25) is 5.02 Å². The molecule has 2 aromatic heterocycles. The third-order valence-corrected chi connectivity index (χ3v) is 5.15. The quantitative estimate of drug-likeness (QED) is 0.694. The van der Waals surface area contributed by atoms with Crippen LogP contribution in [0.1, 0.15) is 21.7 Å². The fourth-order valence-corrected chi connectivity index (χ4v) is 3.62. The van der Waals surface area contributed by atoms with E-state index < -0.39 is 0 Å². The summed E-state index contributed by atoms with van der Waals surface area (Å²) in [6.07, 6.45) is 1.98. The Balaban J connectivity index is 1.53. The average Bonchev–Trinajstić information content (AvgIpc) is 2.97. The Morgan fingerprint density at radius 3 is 2.38 bits per heavy atom. The maximum atomic E-state index is 13.1. The van der Waals surface area contributed by atoms with E-state index >= 15 is 0 Å². The minimum Gasteiger partial charge on any atom is -0.368 e. The van der Waals surface area contributed by atoms with Gasteiger partial charge in [0.2, 0.25) is 0 Å². The number of anilines is 1. The van der Waals surface area contributed by atoms with Crippen LogP contribution < -0.4 is 4.90 Å². The smallest absolute Gasteiger partial charge is 0.272 e. The van der Waals surface area contributed by atoms with Crippen LogP contribution in [-0.4, -0.2) is 46.4 Å². The number of amides is 1. The SMILES string of the molecule is Cc1ccc2nc(C)c(C(=O)N3CCN(c4ccc(Cl)cc4)CC3)n2c1. The van der Waals surface area contributed by atoms with Gasteiger partial charge in [-0.1, -0.05) is 17.7 Å². The van der Waals surface area contributed by atoms with Gasteiger partial charge in [0.15, 0.2) is 0 Å². The minimum absolute atomic E-state index is 0.0522. The first-order chi connectivity index (χ1) is 12.5. The van der Waals surface area contributed by atoms with Crippen LogP contribution in [0, 0.1) is 13.8 Å². The van der Waals surface area contributed by atoms with Gasteiger partial charge >= 0.3 is 0 Å². The Morgan fingerprint density at radius 1 is 1.00 bits per heavy atom. The number of halogens is 1. The number of piperazine rings is 1. The van der Waals surface area contributed by atoms with E-state index in [-0.39, 0.29) is 5.91 Å². The Kier molecular flexibility index (Phi) is 4.32. The van der Waals surface area contributed by atoms with Crippen molar-refractivity contribution < 1.29 is 4.79 Å². The van der Waals surface area contributed by atoms with E-state index in [1.807, 2.05) is 65.7 Å². The second-order valence-corrected chi connectivity index (χ2v) is 7.17. The minimum atomic E-state index is 0.0522. The summed E-state index contributed by atoms with van der Waals surface area (Å²) in [6, 6.07) is 11.8. The maximum absolute atomic E-state index is 13.1. The van der Waals surface area contributed by atoms with Gasteiger partial charge < -0.3 is 9.80 Å². The zero-order valence-corrected chi connectivity index (χ0v) is 15.7. The summed E-state index contributed by atoms with van der Waals surface area (Å²) >= 11 is 5.97. The lowest BCUT2D eigenvalue weighted by molar-refractivity contribution is 0.0739. The number of aryl methyl sites for hydroxylation is 2. The van der Waals surface area contributed by atoms with Crippen LogP contribution in [0.25, 0.3) is 5.65 Å². The molecule has 0 N–H and O–H groups in total. The first-order valence-corrected chi connectivity index (χ1v) is 9.16. The van der Waals surface area contributed by atoms with Crippen molar-refractivity contribution in [3.8, 4) is 0 Å². The molecule has 1 aliphatic heterocycles. The molecule has 1 aliphatic rings. The number of carbonyl (C=O) groups is 1. The summed E-state index contributed by atoms with van der Waals surface area (Å²) in [5.41, 5.74) is 4.51. The molecule has 3 heterocycles. The average molecular weight is 369 g/mol. The molecule has 5 nitrogen and oxygen atoms in total. The second kappa shape index (κ2) is 6.65. The molecule has 0 atom stereocenters. The Bertz CT molecular complexity index is 956. The molecule has 134 valence electrons. The van der Waals surface area contributed by atoms with E-state index in [1.165, 1.54) is 0 Å². The summed E-state index contributed by atoms with van der Waals surface area (Å²) in [6.45, 7) is 6.93. The highest BCUT2D eigenvalue weighted by atomic mass is 35.5. The van der Waals surface area contributed by atoms with Crippen molar-refractivity contribution in [2.24, 2.45) is 0 Å². The molecular formula is C20H21ClN4O. The van der Waals surface area contributed by atoms with Crippen molar-refractivity contribution >= 4 is 28.8 Å². The number of imidazole rings is 1. The molecule has 1 aromatic carbocycles. The largest absolute Gasteiger partial charge is 0.368 e. The van der Waals surface area contributed by atoms with E-state index in [0.717, 1.165) is 40.7 Å². The van der Waals surface area contributed by atoms with Gasteiger partial charge in [0, 0.05) is 43.1 Å². The molecule has 0 radical (unpaired) electrons. The molecule has 4 rings (SSSR count). The molecule has 6 heteroatoms. The molecule has 1 saturated heterocycles. The standard InChI is InChI=1S/C20H21ClN4O/c1-14-3-8-18-22-15(2)19(25(18)13-14)20(26)24-11-9-23(10-12-24)17-6-4-16(21)5-7-17/h3-8,13H,9-12H2,1-2H3. The summed E-state index contributed by atoms with van der Waals surface area (Å²) in [7, 11) is 0. The molecule has 1 fully saturated rings. The number of carbonyl (C=O) groups excluding carboxylic acids is 1. The first-order valence-electron chi connectivity index (χ1n) is 8.78. The van der Waals surface area contributed by atoms with E-state index in [4.69, 9.17) is 11.6 Å². The normalized spacial score (nSPS) is 14.9. The van der Waals surface area contributed by atoms with Gasteiger partial charge in [-0.15, -0.1) is 0 Å². The van der Waals surface area contributed by atoms with E-state index in [2.05, 4.69) is 9.88 Å². The topological polar surface area (TPSA) is 40.9 Å². The fraction of sp³-hybridized carbons (Fsp3) is 0.300. The number of hydrogen-bond donors (Lipinski definition) is 0. The van der Waals surface area contributed by atoms with Crippen LogP contribution in [0.4, 0.5) is 5.69 Å². The summed E-state index contributed by atoms with van der Waals surface area (Å²) in [5.74, 6) is 0.0522. The Hall–Kier alpha value is -2.53. The molecule has 0 aliphatic carbocycles. The van der Waals surface area contributed by atoms with Gasteiger partial charge in [-0.25, -0.2) is 4.98 Å². The van der Waals surface area contributed by atoms with Crippen LogP contribution in [-0.2, 0) is 0 Å². The lowest BCUT2D eigenvalue weighted by Crippen LogP contribution is -2.49. The van der Waals surface area contributed by atoms with Crippen LogP contribution in [0.3, 0.4) is 0 Å². The van der Waals surface area contributed by atoms with Crippen molar-refractivity contribution in [3.05, 3.63) is 64.6 Å². The third kappa shape index (κ3) is 3.03. The maximum Gasteiger partial charge on any atom is 0.272 e. The lowest BCUT2D eigenvalue weighted by Gasteiger charge is -2.36. The summed E-state index contributed by atoms with van der Waals surface area (Å²) < 4.78 is 1.92. The van der Waals surface area contributed by atoms with Crippen molar-refractivity contribution in [3.63, 3.8) is 0 Å².